The van der Waals surface area contributed by atoms with Crippen molar-refractivity contribution >= 4 is 5.78 Å². The molecular formula is C23H23NO3. The van der Waals surface area contributed by atoms with Crippen LogP contribution in [0.1, 0.15) is 27.4 Å². The predicted octanol–water partition coefficient (Wildman–Crippen LogP) is 4.05. The van der Waals surface area contributed by atoms with Crippen molar-refractivity contribution in [1.82, 2.24) is 0 Å². The van der Waals surface area contributed by atoms with Gasteiger partial charge in [-0.25, -0.2) is 0 Å². The van der Waals surface area contributed by atoms with Gasteiger partial charge in [-0.3, -0.25) is 4.79 Å². The molecule has 0 aliphatic carbocycles. The number of ether oxygens (including phenoxy) is 2. The van der Waals surface area contributed by atoms with Crippen LogP contribution in [0.15, 0.2) is 78.9 Å². The molecule has 138 valence electrons. The molecule has 0 saturated carbocycles. The molecule has 2 atom stereocenters. The third-order valence-corrected chi connectivity index (χ3v) is 4.67. The molecule has 0 heterocycles. The molecule has 3 aromatic carbocycles. The number of hydrogen-bond acceptors (Lipinski definition) is 4. The van der Waals surface area contributed by atoms with Crippen LogP contribution in [0.2, 0.25) is 0 Å². The Kier molecular flexibility index (Phi) is 5.89. The number of benzene rings is 3. The highest BCUT2D eigenvalue weighted by Crippen LogP contribution is 2.35. The number of Topliss-reactive ketones (excluding diaryl/α,β-unsaturated/α-hetero) is 1. The van der Waals surface area contributed by atoms with Crippen molar-refractivity contribution in [1.29, 1.82) is 0 Å². The predicted molar refractivity (Wildman–Crippen MR) is 107 cm³/mol. The molecule has 0 amide bonds. The molecule has 4 heteroatoms. The van der Waals surface area contributed by atoms with Crippen molar-refractivity contribution in [3.05, 3.63) is 95.6 Å². The van der Waals surface area contributed by atoms with Crippen LogP contribution in [-0.2, 0) is 0 Å². The molecule has 2 unspecified atom stereocenters. The minimum Gasteiger partial charge on any atom is -0.497 e. The summed E-state index contributed by atoms with van der Waals surface area (Å²) in [4.78, 5) is 13.1. The largest absolute Gasteiger partial charge is 0.497 e. The summed E-state index contributed by atoms with van der Waals surface area (Å²) in [5.74, 6) is 0.997. The lowest BCUT2D eigenvalue weighted by Crippen LogP contribution is -2.37. The second-order valence-electron chi connectivity index (χ2n) is 6.25. The molecule has 0 radical (unpaired) electrons. The lowest BCUT2D eigenvalue weighted by Gasteiger charge is -2.26. The molecular weight excluding hydrogens is 338 g/mol. The number of rotatable bonds is 7. The highest BCUT2D eigenvalue weighted by atomic mass is 16.5. The summed E-state index contributed by atoms with van der Waals surface area (Å²) in [5.41, 5.74) is 8.92. The van der Waals surface area contributed by atoms with E-state index >= 15 is 0 Å². The Morgan fingerprint density at radius 1 is 0.815 bits per heavy atom. The summed E-state index contributed by atoms with van der Waals surface area (Å²) in [6.07, 6.45) is 0. The van der Waals surface area contributed by atoms with E-state index in [1.54, 1.807) is 26.4 Å². The normalized spacial score (nSPS) is 12.9. The highest BCUT2D eigenvalue weighted by molar-refractivity contribution is 6.01. The molecule has 0 spiro atoms. The van der Waals surface area contributed by atoms with Gasteiger partial charge < -0.3 is 15.2 Å². The van der Waals surface area contributed by atoms with Crippen LogP contribution in [0, 0.1) is 0 Å². The summed E-state index contributed by atoms with van der Waals surface area (Å²) in [7, 11) is 3.24. The third kappa shape index (κ3) is 4.01. The number of para-hydroxylation sites is 1. The maximum Gasteiger partial charge on any atom is 0.180 e. The van der Waals surface area contributed by atoms with Gasteiger partial charge in [-0.05, 0) is 23.8 Å². The second-order valence-corrected chi connectivity index (χ2v) is 6.25. The van der Waals surface area contributed by atoms with Gasteiger partial charge in [0.2, 0.25) is 0 Å². The molecule has 27 heavy (non-hydrogen) atoms. The SMILES string of the molecule is COc1ccc(C(c2ccccc2OC)C(N)C(=O)c2ccccc2)cc1. The molecule has 0 fully saturated rings. The Morgan fingerprint density at radius 2 is 1.44 bits per heavy atom. The van der Waals surface area contributed by atoms with E-state index < -0.39 is 6.04 Å². The van der Waals surface area contributed by atoms with E-state index in [2.05, 4.69) is 0 Å². The van der Waals surface area contributed by atoms with Crippen molar-refractivity contribution in [3.63, 3.8) is 0 Å². The third-order valence-electron chi connectivity index (χ3n) is 4.67. The van der Waals surface area contributed by atoms with E-state index in [1.807, 2.05) is 66.7 Å². The lowest BCUT2D eigenvalue weighted by molar-refractivity contribution is 0.0953. The van der Waals surface area contributed by atoms with Crippen molar-refractivity contribution in [2.75, 3.05) is 14.2 Å². The summed E-state index contributed by atoms with van der Waals surface area (Å²) >= 11 is 0. The van der Waals surface area contributed by atoms with Crippen molar-refractivity contribution in [2.45, 2.75) is 12.0 Å². The summed E-state index contributed by atoms with van der Waals surface area (Å²) in [6, 6.07) is 23.7. The Bertz CT molecular complexity index is 891. The standard InChI is InChI=1S/C23H23NO3/c1-26-18-14-12-16(13-15-18)21(19-10-6-7-11-20(19)27-2)22(24)23(25)17-8-4-3-5-9-17/h3-15,21-22H,24H2,1-2H3. The average Bonchev–Trinajstić information content (AvgIpc) is 2.74. The summed E-state index contributed by atoms with van der Waals surface area (Å²) in [5, 5.41) is 0. The van der Waals surface area contributed by atoms with Crippen LogP contribution in [0.4, 0.5) is 0 Å². The number of methoxy groups -OCH3 is 2. The first-order valence-corrected chi connectivity index (χ1v) is 8.77. The molecule has 4 nitrogen and oxygen atoms in total. The quantitative estimate of drug-likeness (QED) is 0.645. The smallest absolute Gasteiger partial charge is 0.180 e. The van der Waals surface area contributed by atoms with Crippen LogP contribution < -0.4 is 15.2 Å². The van der Waals surface area contributed by atoms with Gasteiger partial charge in [0, 0.05) is 17.0 Å². The maximum atomic E-state index is 13.1. The molecule has 0 aliphatic rings. The van der Waals surface area contributed by atoms with Gasteiger partial charge in [0.05, 0.1) is 20.3 Å². The zero-order chi connectivity index (χ0) is 19.2. The van der Waals surface area contributed by atoms with E-state index in [1.165, 1.54) is 0 Å². The molecule has 2 N–H and O–H groups in total. The van der Waals surface area contributed by atoms with Gasteiger partial charge in [0.25, 0.3) is 0 Å². The summed E-state index contributed by atoms with van der Waals surface area (Å²) in [6.45, 7) is 0. The zero-order valence-electron chi connectivity index (χ0n) is 15.5. The number of ketones is 1. The topological polar surface area (TPSA) is 61.6 Å². The van der Waals surface area contributed by atoms with E-state index in [-0.39, 0.29) is 11.7 Å². The van der Waals surface area contributed by atoms with Gasteiger partial charge in [0.1, 0.15) is 11.5 Å². The Hall–Kier alpha value is -3.11. The van der Waals surface area contributed by atoms with Crippen molar-refractivity contribution in [3.8, 4) is 11.5 Å². The second kappa shape index (κ2) is 8.52. The first-order valence-electron chi connectivity index (χ1n) is 8.77. The molecule has 3 rings (SSSR count). The van der Waals surface area contributed by atoms with Gasteiger partial charge in [0.15, 0.2) is 5.78 Å². The van der Waals surface area contributed by atoms with E-state index in [9.17, 15) is 4.79 Å². The number of carbonyl (C=O) groups excluding carboxylic acids is 1. The first kappa shape index (κ1) is 18.7. The van der Waals surface area contributed by atoms with Gasteiger partial charge >= 0.3 is 0 Å². The summed E-state index contributed by atoms with van der Waals surface area (Å²) < 4.78 is 10.8. The maximum absolute atomic E-state index is 13.1. The van der Waals surface area contributed by atoms with E-state index in [0.717, 1.165) is 16.9 Å². The molecule has 3 aromatic rings. The molecule has 0 aromatic heterocycles. The molecule has 0 bridgehead atoms. The fraction of sp³-hybridized carbons (Fsp3) is 0.174. The van der Waals surface area contributed by atoms with Crippen LogP contribution in [0.5, 0.6) is 11.5 Å². The van der Waals surface area contributed by atoms with Gasteiger partial charge in [-0.1, -0.05) is 60.7 Å². The van der Waals surface area contributed by atoms with E-state index in [4.69, 9.17) is 15.2 Å². The van der Waals surface area contributed by atoms with Crippen LogP contribution >= 0.6 is 0 Å². The fourth-order valence-corrected chi connectivity index (χ4v) is 3.26. The Labute approximate surface area is 159 Å². The highest BCUT2D eigenvalue weighted by Gasteiger charge is 2.30. The van der Waals surface area contributed by atoms with Crippen molar-refractivity contribution in [2.24, 2.45) is 5.73 Å². The molecule has 0 saturated heterocycles. The average molecular weight is 361 g/mol. The lowest BCUT2D eigenvalue weighted by atomic mass is 9.81. The van der Waals surface area contributed by atoms with Crippen LogP contribution in [0.25, 0.3) is 0 Å². The van der Waals surface area contributed by atoms with Gasteiger partial charge in [-0.15, -0.1) is 0 Å². The number of hydrogen-bond donors (Lipinski definition) is 1. The van der Waals surface area contributed by atoms with Crippen LogP contribution in [-0.4, -0.2) is 26.0 Å². The Balaban J connectivity index is 2.07. The van der Waals surface area contributed by atoms with Crippen LogP contribution in [0.3, 0.4) is 0 Å². The van der Waals surface area contributed by atoms with Gasteiger partial charge in [-0.2, -0.15) is 0 Å². The first-order chi connectivity index (χ1) is 13.2. The monoisotopic (exact) mass is 361 g/mol. The number of nitrogens with two attached hydrogens (primary N) is 1. The fourth-order valence-electron chi connectivity index (χ4n) is 3.26. The minimum absolute atomic E-state index is 0.109. The number of carbonyl (C=O) groups is 1. The Morgan fingerprint density at radius 3 is 2.07 bits per heavy atom. The molecule has 0 aliphatic heterocycles. The van der Waals surface area contributed by atoms with Crippen molar-refractivity contribution < 1.29 is 14.3 Å². The zero-order valence-corrected chi connectivity index (χ0v) is 15.5. The minimum atomic E-state index is -0.753. The van der Waals surface area contributed by atoms with E-state index in [0.29, 0.717) is 11.3 Å².